The van der Waals surface area contributed by atoms with E-state index in [4.69, 9.17) is 4.74 Å². The number of amides is 1. The molecule has 1 saturated heterocycles. The van der Waals surface area contributed by atoms with Crippen LogP contribution in [0.3, 0.4) is 0 Å². The molecule has 1 atom stereocenters. The highest BCUT2D eigenvalue weighted by Crippen LogP contribution is 2.44. The number of carbonyl (C=O) groups is 2. The molecule has 0 radical (unpaired) electrons. The van der Waals surface area contributed by atoms with Crippen LogP contribution in [0, 0.1) is 5.82 Å². The van der Waals surface area contributed by atoms with Gasteiger partial charge in [-0.2, -0.15) is 13.2 Å². The Bertz CT molecular complexity index is 1430. The molecule has 3 aromatic carbocycles. The van der Waals surface area contributed by atoms with E-state index in [0.29, 0.717) is 24.6 Å². The van der Waals surface area contributed by atoms with E-state index in [1.54, 1.807) is 12.1 Å². The first-order valence-electron chi connectivity index (χ1n) is 11.3. The largest absolute Gasteiger partial charge is 0.507 e. The van der Waals surface area contributed by atoms with Gasteiger partial charge in [-0.3, -0.25) is 14.5 Å². The van der Waals surface area contributed by atoms with E-state index >= 15 is 0 Å². The van der Waals surface area contributed by atoms with Gasteiger partial charge in [-0.05, 0) is 54.1 Å². The van der Waals surface area contributed by atoms with Gasteiger partial charge in [-0.15, -0.1) is 0 Å². The summed E-state index contributed by atoms with van der Waals surface area (Å²) in [7, 11) is 1.83. The minimum atomic E-state index is -4.69. The Morgan fingerprint density at radius 2 is 1.76 bits per heavy atom. The predicted octanol–water partition coefficient (Wildman–Crippen LogP) is 5.30. The Morgan fingerprint density at radius 1 is 1.03 bits per heavy atom. The molecule has 190 valence electrons. The topological polar surface area (TPSA) is 70.1 Å². The van der Waals surface area contributed by atoms with Crippen LogP contribution in [0.1, 0.15) is 22.7 Å². The zero-order chi connectivity index (χ0) is 26.5. The summed E-state index contributed by atoms with van der Waals surface area (Å²) in [5.74, 6) is -2.72. The van der Waals surface area contributed by atoms with Crippen molar-refractivity contribution < 1.29 is 37.0 Å². The summed E-state index contributed by atoms with van der Waals surface area (Å²) in [4.78, 5) is 29.2. The van der Waals surface area contributed by atoms with Gasteiger partial charge in [0.05, 0.1) is 29.4 Å². The number of Topliss-reactive ketones (excluding diaryl/α,β-unsaturated/α-hetero) is 1. The van der Waals surface area contributed by atoms with E-state index in [-0.39, 0.29) is 22.4 Å². The van der Waals surface area contributed by atoms with Crippen molar-refractivity contribution in [2.45, 2.75) is 12.2 Å². The lowest BCUT2D eigenvalue weighted by atomic mass is 9.94. The maximum atomic E-state index is 13.7. The fraction of sp³-hybridized carbons (Fsp3) is 0.185. The van der Waals surface area contributed by atoms with Gasteiger partial charge in [0.15, 0.2) is 0 Å². The van der Waals surface area contributed by atoms with Gasteiger partial charge in [0, 0.05) is 18.3 Å². The third-order valence-electron chi connectivity index (χ3n) is 6.41. The number of anilines is 2. The van der Waals surface area contributed by atoms with Gasteiger partial charge in [-0.25, -0.2) is 4.39 Å². The van der Waals surface area contributed by atoms with E-state index in [2.05, 4.69) is 0 Å². The summed E-state index contributed by atoms with van der Waals surface area (Å²) in [5, 5.41) is 11.3. The van der Waals surface area contributed by atoms with Gasteiger partial charge >= 0.3 is 6.18 Å². The predicted molar refractivity (Wildman–Crippen MR) is 128 cm³/mol. The molecule has 1 unspecified atom stereocenters. The van der Waals surface area contributed by atoms with Crippen LogP contribution in [0.4, 0.5) is 28.9 Å². The van der Waals surface area contributed by atoms with E-state index in [1.807, 2.05) is 11.9 Å². The van der Waals surface area contributed by atoms with E-state index < -0.39 is 41.0 Å². The standard InChI is InChI=1S/C27H20F4N2O4/c1-32-11-12-37-21-10-7-16(13-20(21)32)24(34)22-23(15-5-8-18(28)9-6-15)33(26(36)25(22)35)19-4-2-3-17(14-19)27(29,30)31/h2-10,13-14,23,34H,11-12H2,1H3/b24-22-. The van der Waals surface area contributed by atoms with E-state index in [9.17, 15) is 32.3 Å². The van der Waals surface area contributed by atoms with E-state index in [1.165, 1.54) is 24.3 Å². The number of hydrogen-bond donors (Lipinski definition) is 1. The van der Waals surface area contributed by atoms with Crippen LogP contribution in [-0.4, -0.2) is 37.0 Å². The monoisotopic (exact) mass is 512 g/mol. The second-order valence-corrected chi connectivity index (χ2v) is 8.72. The molecule has 37 heavy (non-hydrogen) atoms. The number of halogens is 4. The molecule has 10 heteroatoms. The van der Waals surface area contributed by atoms with Crippen LogP contribution in [0.25, 0.3) is 5.76 Å². The average molecular weight is 512 g/mol. The molecule has 1 amide bonds. The van der Waals surface area contributed by atoms with Crippen LogP contribution in [0.15, 0.2) is 72.3 Å². The van der Waals surface area contributed by atoms with Crippen molar-refractivity contribution in [3.8, 4) is 5.75 Å². The highest BCUT2D eigenvalue weighted by molar-refractivity contribution is 6.51. The van der Waals surface area contributed by atoms with Crippen LogP contribution in [0.2, 0.25) is 0 Å². The third kappa shape index (κ3) is 4.28. The van der Waals surface area contributed by atoms with Crippen LogP contribution in [0.5, 0.6) is 5.75 Å². The molecule has 1 fully saturated rings. The quantitative estimate of drug-likeness (QED) is 0.223. The van der Waals surface area contributed by atoms with Gasteiger partial charge in [0.1, 0.15) is 23.9 Å². The van der Waals surface area contributed by atoms with Crippen molar-refractivity contribution in [3.05, 3.63) is 94.8 Å². The van der Waals surface area contributed by atoms with Crippen molar-refractivity contribution in [2.24, 2.45) is 0 Å². The molecule has 0 aromatic heterocycles. The first kappa shape index (κ1) is 24.4. The minimum Gasteiger partial charge on any atom is -0.507 e. The fourth-order valence-electron chi connectivity index (χ4n) is 4.54. The van der Waals surface area contributed by atoms with Crippen molar-refractivity contribution in [3.63, 3.8) is 0 Å². The Morgan fingerprint density at radius 3 is 2.46 bits per heavy atom. The number of likely N-dealkylation sites (N-methyl/N-ethyl adjacent to an activating group) is 1. The molecule has 2 aliphatic rings. The second-order valence-electron chi connectivity index (χ2n) is 8.72. The molecule has 0 aliphatic carbocycles. The summed E-state index contributed by atoms with van der Waals surface area (Å²) < 4.78 is 59.6. The minimum absolute atomic E-state index is 0.191. The maximum Gasteiger partial charge on any atom is 0.416 e. The molecule has 0 saturated carbocycles. The van der Waals surface area contributed by atoms with Crippen molar-refractivity contribution in [2.75, 3.05) is 30.0 Å². The Labute approximate surface area is 209 Å². The second kappa shape index (κ2) is 8.95. The average Bonchev–Trinajstić information content (AvgIpc) is 3.14. The molecule has 1 N–H and O–H groups in total. The number of alkyl halides is 3. The molecule has 0 spiro atoms. The molecule has 0 bridgehead atoms. The highest BCUT2D eigenvalue weighted by Gasteiger charge is 2.47. The van der Waals surface area contributed by atoms with Gasteiger partial charge in [-0.1, -0.05) is 18.2 Å². The zero-order valence-corrected chi connectivity index (χ0v) is 19.4. The lowest BCUT2D eigenvalue weighted by Crippen LogP contribution is -2.29. The lowest BCUT2D eigenvalue weighted by Gasteiger charge is -2.28. The fourth-order valence-corrected chi connectivity index (χ4v) is 4.54. The normalized spacial score (nSPS) is 19.1. The van der Waals surface area contributed by atoms with Crippen LogP contribution >= 0.6 is 0 Å². The molecule has 3 aromatic rings. The summed E-state index contributed by atoms with van der Waals surface area (Å²) in [6.45, 7) is 1.06. The molecular formula is C27H20F4N2O4. The van der Waals surface area contributed by atoms with Crippen molar-refractivity contribution in [1.82, 2.24) is 0 Å². The molecule has 5 rings (SSSR count). The molecular weight excluding hydrogens is 492 g/mol. The van der Waals surface area contributed by atoms with E-state index in [0.717, 1.165) is 35.2 Å². The summed E-state index contributed by atoms with van der Waals surface area (Å²) >= 11 is 0. The number of rotatable bonds is 3. The molecule has 2 aliphatic heterocycles. The smallest absolute Gasteiger partial charge is 0.416 e. The van der Waals surface area contributed by atoms with Crippen molar-refractivity contribution >= 4 is 28.8 Å². The number of nitrogens with zero attached hydrogens (tertiary/aromatic N) is 2. The van der Waals surface area contributed by atoms with Crippen molar-refractivity contribution in [1.29, 1.82) is 0 Å². The number of hydrogen-bond acceptors (Lipinski definition) is 5. The number of benzene rings is 3. The number of aliphatic hydroxyl groups excluding tert-OH is 1. The van der Waals surface area contributed by atoms with Gasteiger partial charge in [0.2, 0.25) is 0 Å². The number of ketones is 1. The first-order chi connectivity index (χ1) is 17.6. The lowest BCUT2D eigenvalue weighted by molar-refractivity contribution is -0.137. The van der Waals surface area contributed by atoms with Gasteiger partial charge < -0.3 is 14.7 Å². The summed E-state index contributed by atoms with van der Waals surface area (Å²) in [6.07, 6.45) is -4.69. The number of aliphatic hydroxyl groups is 1. The van der Waals surface area contributed by atoms with Crippen LogP contribution in [-0.2, 0) is 15.8 Å². The summed E-state index contributed by atoms with van der Waals surface area (Å²) in [6, 6.07) is 12.3. The Hall–Kier alpha value is -4.34. The number of ether oxygens (including phenoxy) is 1. The summed E-state index contributed by atoms with van der Waals surface area (Å²) in [5.41, 5.74) is -0.427. The van der Waals surface area contributed by atoms with Gasteiger partial charge in [0.25, 0.3) is 11.7 Å². The first-order valence-corrected chi connectivity index (χ1v) is 11.3. The Balaban J connectivity index is 1.70. The Kier molecular flexibility index (Phi) is 5.89. The SMILES string of the molecule is CN1CCOc2ccc(/C(O)=C3/C(=O)C(=O)N(c4cccc(C(F)(F)F)c4)C3c3ccc(F)cc3)cc21. The number of fused-ring (bicyclic) bond motifs is 1. The zero-order valence-electron chi connectivity index (χ0n) is 19.4. The molecule has 2 heterocycles. The molecule has 6 nitrogen and oxygen atoms in total. The number of carbonyl (C=O) groups excluding carboxylic acids is 2. The van der Waals surface area contributed by atoms with Crippen LogP contribution < -0.4 is 14.5 Å². The highest BCUT2D eigenvalue weighted by atomic mass is 19.4. The third-order valence-corrected chi connectivity index (χ3v) is 6.41. The maximum absolute atomic E-state index is 13.7.